The van der Waals surface area contributed by atoms with Gasteiger partial charge in [0.25, 0.3) is 0 Å². The summed E-state index contributed by atoms with van der Waals surface area (Å²) in [6.07, 6.45) is 0. The van der Waals surface area contributed by atoms with Crippen LogP contribution >= 0.6 is 0 Å². The maximum absolute atomic E-state index is 12.1. The first kappa shape index (κ1) is 12.4. The Morgan fingerprint density at radius 1 is 1.05 bits per heavy atom. The summed E-state index contributed by atoms with van der Waals surface area (Å²) in [7, 11) is 0. The molecule has 1 N–H and O–H groups in total. The number of aromatic nitrogens is 2. The minimum absolute atomic E-state index is 0.392. The molecule has 0 unspecified atom stereocenters. The second kappa shape index (κ2) is 4.81. The van der Waals surface area contributed by atoms with Crippen molar-refractivity contribution < 1.29 is 0 Å². The molecule has 0 saturated heterocycles. The maximum atomic E-state index is 12.1. The van der Waals surface area contributed by atoms with Gasteiger partial charge in [0.1, 0.15) is 0 Å². The summed E-state index contributed by atoms with van der Waals surface area (Å²) in [6.45, 7) is 2.34. The molecule has 1 aromatic heterocycles. The summed E-state index contributed by atoms with van der Waals surface area (Å²) in [4.78, 5) is 26.5. The maximum Gasteiger partial charge on any atom is 0.317 e. The van der Waals surface area contributed by atoms with E-state index in [0.717, 1.165) is 16.6 Å². The van der Waals surface area contributed by atoms with Crippen LogP contribution < -0.4 is 11.1 Å². The number of nitrogens with zero attached hydrogens (tertiary/aromatic N) is 1. The normalized spacial score (nSPS) is 10.8. The third-order valence-electron chi connectivity index (χ3n) is 3.31. The molecule has 1 heterocycles. The molecule has 0 radical (unpaired) electrons. The summed E-state index contributed by atoms with van der Waals surface area (Å²) in [5.74, 6) is 0. The molecule has 4 nitrogen and oxygen atoms in total. The highest BCUT2D eigenvalue weighted by Gasteiger charge is 2.08. The molecule has 0 aliphatic rings. The molecule has 0 saturated carbocycles. The fourth-order valence-corrected chi connectivity index (χ4v) is 2.32. The molecule has 0 spiro atoms. The van der Waals surface area contributed by atoms with Crippen LogP contribution in [-0.2, 0) is 6.54 Å². The van der Waals surface area contributed by atoms with E-state index >= 15 is 0 Å². The highest BCUT2D eigenvalue weighted by molar-refractivity contribution is 5.75. The summed E-state index contributed by atoms with van der Waals surface area (Å²) in [5.41, 5.74) is 2.35. The molecule has 0 amide bonds. The van der Waals surface area contributed by atoms with Crippen molar-refractivity contribution in [3.63, 3.8) is 0 Å². The molecule has 2 aromatic carbocycles. The quantitative estimate of drug-likeness (QED) is 0.722. The smallest absolute Gasteiger partial charge is 0.316 e. The number of aryl methyl sites for hydroxylation is 1. The van der Waals surface area contributed by atoms with Crippen molar-refractivity contribution in [3.8, 4) is 0 Å². The number of benzene rings is 2. The summed E-state index contributed by atoms with van der Waals surface area (Å²) in [5, 5.41) is 0. The topological polar surface area (TPSA) is 54.9 Å². The number of H-pyrrole nitrogens is 1. The van der Waals surface area contributed by atoms with Crippen LogP contribution in [0.2, 0.25) is 0 Å². The first-order chi connectivity index (χ1) is 9.65. The average molecular weight is 266 g/mol. The Balaban J connectivity index is 2.26. The molecule has 3 rings (SSSR count). The van der Waals surface area contributed by atoms with E-state index in [9.17, 15) is 9.59 Å². The number of fused-ring (bicyclic) bond motifs is 1. The molecule has 100 valence electrons. The molecule has 4 heteroatoms. The van der Waals surface area contributed by atoms with Crippen LogP contribution in [0.1, 0.15) is 11.1 Å². The minimum Gasteiger partial charge on any atom is -0.316 e. The summed E-state index contributed by atoms with van der Waals surface area (Å²) in [6, 6.07) is 15.3. The number of hydrogen-bond acceptors (Lipinski definition) is 2. The third kappa shape index (κ3) is 2.16. The Morgan fingerprint density at radius 3 is 2.55 bits per heavy atom. The molecule has 0 fully saturated rings. The second-order valence-electron chi connectivity index (χ2n) is 4.85. The number of rotatable bonds is 2. The predicted octanol–water partition coefficient (Wildman–Crippen LogP) is 2.05. The number of aromatic amines is 1. The van der Waals surface area contributed by atoms with Crippen LogP contribution in [0, 0.1) is 6.92 Å². The number of nitrogens with one attached hydrogen (secondary N) is 1. The third-order valence-corrected chi connectivity index (χ3v) is 3.31. The second-order valence-corrected chi connectivity index (χ2v) is 4.85. The van der Waals surface area contributed by atoms with Gasteiger partial charge in [0.2, 0.25) is 0 Å². The van der Waals surface area contributed by atoms with E-state index in [0.29, 0.717) is 12.1 Å². The Morgan fingerprint density at radius 2 is 1.80 bits per heavy atom. The first-order valence-corrected chi connectivity index (χ1v) is 6.42. The fraction of sp³-hybridized carbons (Fsp3) is 0.125. The predicted molar refractivity (Wildman–Crippen MR) is 79.1 cm³/mol. The molecule has 0 atom stereocenters. The molecule has 0 aliphatic carbocycles. The van der Waals surface area contributed by atoms with Gasteiger partial charge >= 0.3 is 11.1 Å². The van der Waals surface area contributed by atoms with E-state index < -0.39 is 11.1 Å². The van der Waals surface area contributed by atoms with Gasteiger partial charge in [0.15, 0.2) is 0 Å². The van der Waals surface area contributed by atoms with E-state index in [1.54, 1.807) is 0 Å². The molecule has 0 aliphatic heterocycles. The van der Waals surface area contributed by atoms with Crippen LogP contribution in [0.4, 0.5) is 0 Å². The Bertz CT molecular complexity index is 876. The van der Waals surface area contributed by atoms with Crippen molar-refractivity contribution in [1.82, 2.24) is 9.55 Å². The first-order valence-electron chi connectivity index (χ1n) is 6.42. The molecule has 3 aromatic rings. The molecular formula is C16H14N2O2. The van der Waals surface area contributed by atoms with Crippen LogP contribution in [0.5, 0.6) is 0 Å². The average Bonchev–Trinajstić information content (AvgIpc) is 2.45. The van der Waals surface area contributed by atoms with Gasteiger partial charge in [0.05, 0.1) is 17.6 Å². The van der Waals surface area contributed by atoms with Crippen molar-refractivity contribution in [1.29, 1.82) is 0 Å². The molecular weight excluding hydrogens is 252 g/mol. The number of hydrogen-bond donors (Lipinski definition) is 1. The van der Waals surface area contributed by atoms with Crippen LogP contribution in [0.15, 0.2) is 58.1 Å². The lowest BCUT2D eigenvalue weighted by molar-refractivity contribution is 0.776. The Kier molecular flexibility index (Phi) is 2.99. The van der Waals surface area contributed by atoms with Crippen molar-refractivity contribution in [2.45, 2.75) is 13.5 Å². The van der Waals surface area contributed by atoms with Gasteiger partial charge in [-0.05, 0) is 30.2 Å². The van der Waals surface area contributed by atoms with Crippen LogP contribution in [0.25, 0.3) is 11.0 Å². The zero-order valence-electron chi connectivity index (χ0n) is 11.1. The van der Waals surface area contributed by atoms with Crippen molar-refractivity contribution in [2.24, 2.45) is 0 Å². The van der Waals surface area contributed by atoms with Crippen LogP contribution in [0.3, 0.4) is 0 Å². The van der Waals surface area contributed by atoms with Crippen molar-refractivity contribution in [2.75, 3.05) is 0 Å². The van der Waals surface area contributed by atoms with Gasteiger partial charge in [-0.15, -0.1) is 0 Å². The van der Waals surface area contributed by atoms with E-state index in [1.807, 2.05) is 55.5 Å². The highest BCUT2D eigenvalue weighted by atomic mass is 16.2. The Labute approximate surface area is 115 Å². The highest BCUT2D eigenvalue weighted by Crippen LogP contribution is 2.12. The van der Waals surface area contributed by atoms with Crippen molar-refractivity contribution >= 4 is 11.0 Å². The SMILES string of the molecule is Cc1ccc2c(c1)[nH]c(=O)c(=O)n2Cc1ccccc1. The lowest BCUT2D eigenvalue weighted by Gasteiger charge is -2.10. The summed E-state index contributed by atoms with van der Waals surface area (Å²) >= 11 is 0. The molecule has 20 heavy (non-hydrogen) atoms. The van der Waals surface area contributed by atoms with Crippen molar-refractivity contribution in [3.05, 3.63) is 80.4 Å². The van der Waals surface area contributed by atoms with Gasteiger partial charge in [-0.2, -0.15) is 0 Å². The lowest BCUT2D eigenvalue weighted by atomic mass is 10.2. The monoisotopic (exact) mass is 266 g/mol. The van der Waals surface area contributed by atoms with Crippen LogP contribution in [-0.4, -0.2) is 9.55 Å². The molecule has 0 bridgehead atoms. The minimum atomic E-state index is -0.584. The van der Waals surface area contributed by atoms with E-state index in [1.165, 1.54) is 4.57 Å². The standard InChI is InChI=1S/C16H14N2O2/c1-11-7-8-14-13(9-11)17-15(19)16(20)18(14)10-12-5-3-2-4-6-12/h2-9H,10H2,1H3,(H,17,19). The van der Waals surface area contributed by atoms with Gasteiger partial charge in [-0.3, -0.25) is 14.2 Å². The zero-order chi connectivity index (χ0) is 14.1. The fourth-order valence-electron chi connectivity index (χ4n) is 2.32. The summed E-state index contributed by atoms with van der Waals surface area (Å²) < 4.78 is 1.52. The van der Waals surface area contributed by atoms with Gasteiger partial charge in [-0.25, -0.2) is 0 Å². The van der Waals surface area contributed by atoms with E-state index in [4.69, 9.17) is 0 Å². The van der Waals surface area contributed by atoms with Gasteiger partial charge in [-0.1, -0.05) is 36.4 Å². The lowest BCUT2D eigenvalue weighted by Crippen LogP contribution is -2.36. The van der Waals surface area contributed by atoms with Gasteiger partial charge < -0.3 is 4.98 Å². The zero-order valence-corrected chi connectivity index (χ0v) is 11.1. The van der Waals surface area contributed by atoms with E-state index in [-0.39, 0.29) is 0 Å². The van der Waals surface area contributed by atoms with E-state index in [2.05, 4.69) is 4.98 Å². The Hall–Kier alpha value is -2.62. The van der Waals surface area contributed by atoms with Gasteiger partial charge in [0, 0.05) is 0 Å². The largest absolute Gasteiger partial charge is 0.317 e.